The first kappa shape index (κ1) is 82.0. The number of carbonyl (C=O) groups is 13. The molecule has 0 aliphatic rings. The highest BCUT2D eigenvalue weighted by atomic mass is 16.3. The molecule has 0 unspecified atom stereocenters. The third kappa shape index (κ3) is 32.6. The van der Waals surface area contributed by atoms with Crippen LogP contribution >= 0.6 is 0 Å². The quantitative estimate of drug-likeness (QED) is 0.0166. The highest BCUT2D eigenvalue weighted by Gasteiger charge is 2.34. The highest BCUT2D eigenvalue weighted by molar-refractivity contribution is 5.99. The van der Waals surface area contributed by atoms with E-state index in [9.17, 15) is 72.5 Å². The Morgan fingerprint density at radius 1 is 0.417 bits per heavy atom. The van der Waals surface area contributed by atoms with Gasteiger partial charge in [0, 0.05) is 19.5 Å². The number of aliphatic imine (C=N–C) groups is 2. The number of amides is 13. The summed E-state index contributed by atoms with van der Waals surface area (Å²) in [7, 11) is 0. The van der Waals surface area contributed by atoms with Gasteiger partial charge in [-0.2, -0.15) is 0 Å². The van der Waals surface area contributed by atoms with Gasteiger partial charge >= 0.3 is 0 Å². The van der Waals surface area contributed by atoms with Crippen LogP contribution in [0.5, 0.6) is 0 Å². The summed E-state index contributed by atoms with van der Waals surface area (Å²) in [5, 5.41) is 49.8. The van der Waals surface area contributed by atoms with E-state index in [1.54, 1.807) is 60.7 Å². The van der Waals surface area contributed by atoms with Crippen molar-refractivity contribution < 1.29 is 72.5 Å². The summed E-state index contributed by atoms with van der Waals surface area (Å²) in [6.07, 6.45) is -1.05. The van der Waals surface area contributed by atoms with Gasteiger partial charge in [0.1, 0.15) is 54.4 Å². The summed E-state index contributed by atoms with van der Waals surface area (Å²) in [6.45, 7) is 0.886. The Morgan fingerprint density at radius 2 is 0.802 bits per heavy atom. The molecule has 0 aliphatic heterocycles. The molecule has 0 radical (unpaired) electrons. The van der Waals surface area contributed by atoms with E-state index in [0.29, 0.717) is 12.0 Å². The normalized spacial score (nSPS) is 14.2. The molecular formula is C59H96N22O15. The lowest BCUT2D eigenvalue weighted by atomic mass is 10.0. The van der Waals surface area contributed by atoms with Crippen molar-refractivity contribution in [2.45, 2.75) is 152 Å². The van der Waals surface area contributed by atoms with E-state index in [1.165, 1.54) is 20.8 Å². The van der Waals surface area contributed by atoms with Crippen LogP contribution in [0.1, 0.15) is 83.3 Å². The number of carbonyl (C=O) groups excluding carboxylic acids is 13. The van der Waals surface area contributed by atoms with Gasteiger partial charge in [0.25, 0.3) is 0 Å². The third-order valence-corrected chi connectivity index (χ3v) is 14.1. The monoisotopic (exact) mass is 1350 g/mol. The first-order chi connectivity index (χ1) is 45.5. The van der Waals surface area contributed by atoms with Crippen LogP contribution in [0.3, 0.4) is 0 Å². The molecule has 532 valence electrons. The average Bonchev–Trinajstić information content (AvgIpc) is 0.908. The Balaban J connectivity index is 2.15. The van der Waals surface area contributed by atoms with Crippen molar-refractivity contribution in [1.29, 1.82) is 0 Å². The van der Waals surface area contributed by atoms with E-state index in [1.807, 2.05) is 0 Å². The molecule has 0 bridgehead atoms. The van der Waals surface area contributed by atoms with Gasteiger partial charge in [-0.3, -0.25) is 72.3 Å². The first-order valence-corrected chi connectivity index (χ1v) is 31.0. The lowest BCUT2D eigenvalue weighted by Gasteiger charge is -2.26. The summed E-state index contributed by atoms with van der Waals surface area (Å²) in [5.74, 6) is -12.2. The number of guanidine groups is 2. The predicted octanol–water partition coefficient (Wildman–Crippen LogP) is -10.0. The van der Waals surface area contributed by atoms with Crippen LogP contribution in [0.25, 0.3) is 0 Å². The van der Waals surface area contributed by atoms with E-state index in [2.05, 4.69) is 73.8 Å². The van der Waals surface area contributed by atoms with E-state index < -0.39 is 170 Å². The summed E-state index contributed by atoms with van der Waals surface area (Å²) >= 11 is 0. The number of primary amides is 1. The van der Waals surface area contributed by atoms with Crippen molar-refractivity contribution in [1.82, 2.24) is 63.8 Å². The maximum Gasteiger partial charge on any atom is 0.245 e. The SMILES string of the molecule is C[C@H](NC(=O)CNC(=O)[C@@H](NC(=O)[C@H](Cc1ccccc1)NC(=O)CNC(=O)CNC(=O)[C@@H](N)Cc1ccccc1)[C@@H](C)O)C(=O)N[C@@H](CCCN=C(N)N)C(=O)N[C@@H](CCCN)C(=O)N[C@@H](CO)C(=O)N[C@@H](C)C(=O)N[C@@H](CCCN=C(N)N)C(=O)N[C@@H](CCCN)C(N)=O. The van der Waals surface area contributed by atoms with Gasteiger partial charge in [0.05, 0.1) is 38.4 Å². The van der Waals surface area contributed by atoms with Gasteiger partial charge in [0.2, 0.25) is 76.8 Å². The number of aliphatic hydroxyl groups excluding tert-OH is 2. The lowest BCUT2D eigenvalue weighted by Crippen LogP contribution is -2.60. The summed E-state index contributed by atoms with van der Waals surface area (Å²) < 4.78 is 0. The lowest BCUT2D eigenvalue weighted by molar-refractivity contribution is -0.136. The Bertz CT molecular complexity index is 2950. The zero-order valence-corrected chi connectivity index (χ0v) is 54.1. The molecule has 13 amide bonds. The molecular weight excluding hydrogens is 1260 g/mol. The molecule has 2 aromatic rings. The van der Waals surface area contributed by atoms with E-state index >= 15 is 0 Å². The van der Waals surface area contributed by atoms with E-state index in [0.717, 1.165) is 5.56 Å². The Kier molecular flexibility index (Phi) is 38.0. The average molecular weight is 1350 g/mol. The smallest absolute Gasteiger partial charge is 0.245 e. The number of benzene rings is 2. The van der Waals surface area contributed by atoms with E-state index in [4.69, 9.17) is 45.9 Å². The van der Waals surface area contributed by atoms with Gasteiger partial charge < -0.3 is 120 Å². The maximum absolute atomic E-state index is 14.0. The second-order valence-corrected chi connectivity index (χ2v) is 22.2. The fourth-order valence-electron chi connectivity index (χ4n) is 8.83. The Hall–Kier alpha value is -10.1. The molecule has 0 aliphatic carbocycles. The van der Waals surface area contributed by atoms with Crippen LogP contribution in [-0.4, -0.2) is 218 Å². The minimum Gasteiger partial charge on any atom is -0.394 e. The molecule has 30 N–H and O–H groups in total. The minimum absolute atomic E-state index is 0.0165. The molecule has 0 aromatic heterocycles. The summed E-state index contributed by atoms with van der Waals surface area (Å²) in [6, 6.07) is 3.33. The second-order valence-electron chi connectivity index (χ2n) is 22.2. The maximum atomic E-state index is 14.0. The van der Waals surface area contributed by atoms with Crippen LogP contribution in [-0.2, 0) is 75.2 Å². The molecule has 37 heteroatoms. The fourth-order valence-corrected chi connectivity index (χ4v) is 8.83. The zero-order chi connectivity index (χ0) is 71.9. The van der Waals surface area contributed by atoms with Gasteiger partial charge in [0.15, 0.2) is 11.9 Å². The Labute approximate surface area is 554 Å². The van der Waals surface area contributed by atoms with Gasteiger partial charge in [-0.05, 0) is 103 Å². The van der Waals surface area contributed by atoms with Crippen LogP contribution in [0.15, 0.2) is 70.6 Å². The standard InChI is InChI=1S/C59H96N22O15/c1-32(73-45(85)30-72-57(96)47(34(3)83)81-55(94)42(27-36-16-8-5-9-17-36)75-46(86)29-70-44(84)28-71-51(90)37(62)26-35-14-6-4-7-15-35)49(88)77-41(21-13-25-69-59(66)67)53(92)79-39(19-11-23-61)54(93)80-43(31-82)56(95)74-33(2)50(89)78-40(20-12-24-68-58(64)65)52(91)76-38(48(63)87)18-10-22-60/h4-9,14-17,32-34,37-43,47,82-83H,10-13,18-31,60-62H2,1-3H3,(H2,63,87)(H,70,84)(H,71,90)(H,72,96)(H,73,85)(H,74,95)(H,75,86)(H,76,91)(H,77,88)(H,78,89)(H,79,92)(H,80,93)(H,81,94)(H4,64,65,68)(H4,66,67,69)/t32-,33-,34+,37-,38-,39-,40-,41-,42-,43-,47-/m0/s1. The minimum atomic E-state index is -1.74. The van der Waals surface area contributed by atoms with Crippen LogP contribution in [0, 0.1) is 0 Å². The summed E-state index contributed by atoms with van der Waals surface area (Å²) in [4.78, 5) is 180. The van der Waals surface area contributed by atoms with Crippen molar-refractivity contribution in [3.63, 3.8) is 0 Å². The topological polar surface area (TPSA) is 640 Å². The molecule has 0 saturated carbocycles. The molecule has 0 fully saturated rings. The molecule has 2 aromatic carbocycles. The van der Waals surface area contributed by atoms with Crippen molar-refractivity contribution in [3.8, 4) is 0 Å². The van der Waals surface area contributed by atoms with Crippen LogP contribution < -0.4 is 110 Å². The number of rotatable bonds is 45. The molecule has 0 saturated heterocycles. The number of hydrogen-bond acceptors (Lipinski definition) is 20. The molecule has 2 rings (SSSR count). The summed E-state index contributed by atoms with van der Waals surface area (Å²) in [5.41, 5.74) is 45.9. The van der Waals surface area contributed by atoms with Crippen molar-refractivity contribution in [2.24, 2.45) is 55.9 Å². The van der Waals surface area contributed by atoms with E-state index in [-0.39, 0.29) is 95.9 Å². The highest BCUT2D eigenvalue weighted by Crippen LogP contribution is 2.09. The van der Waals surface area contributed by atoms with Crippen molar-refractivity contribution >= 4 is 88.7 Å². The van der Waals surface area contributed by atoms with Crippen molar-refractivity contribution in [3.05, 3.63) is 71.8 Å². The van der Waals surface area contributed by atoms with Gasteiger partial charge in [-0.25, -0.2) is 0 Å². The third-order valence-electron chi connectivity index (χ3n) is 14.1. The number of hydrogen-bond donors (Lipinski definition) is 22. The largest absolute Gasteiger partial charge is 0.394 e. The molecule has 96 heavy (non-hydrogen) atoms. The van der Waals surface area contributed by atoms with Crippen molar-refractivity contribution in [2.75, 3.05) is 52.4 Å². The number of nitrogens with one attached hydrogen (secondary N) is 12. The predicted molar refractivity (Wildman–Crippen MR) is 350 cm³/mol. The number of nitrogens with zero attached hydrogens (tertiary/aromatic N) is 2. The first-order valence-electron chi connectivity index (χ1n) is 31.0. The van der Waals surface area contributed by atoms with Crippen LogP contribution in [0.2, 0.25) is 0 Å². The molecule has 11 atom stereocenters. The zero-order valence-electron chi connectivity index (χ0n) is 54.1. The van der Waals surface area contributed by atoms with Gasteiger partial charge in [-0.1, -0.05) is 60.7 Å². The van der Waals surface area contributed by atoms with Gasteiger partial charge in [-0.15, -0.1) is 0 Å². The Morgan fingerprint density at radius 3 is 1.27 bits per heavy atom. The second kappa shape index (κ2) is 44.5. The fraction of sp³-hybridized carbons (Fsp3) is 0.542. The molecule has 0 heterocycles. The number of aliphatic hydroxyl groups is 2. The van der Waals surface area contributed by atoms with Crippen LogP contribution in [0.4, 0.5) is 0 Å². The number of nitrogens with two attached hydrogens (primary N) is 8. The molecule has 0 spiro atoms. The molecule has 37 nitrogen and oxygen atoms in total.